The quantitative estimate of drug-likeness (QED) is 0.708. The van der Waals surface area contributed by atoms with Crippen molar-refractivity contribution in [3.8, 4) is 0 Å². The Labute approximate surface area is 122 Å². The van der Waals surface area contributed by atoms with Crippen LogP contribution >= 0.6 is 11.3 Å². The monoisotopic (exact) mass is 286 g/mol. The van der Waals surface area contributed by atoms with Crippen molar-refractivity contribution in [3.05, 3.63) is 46.7 Å². The smallest absolute Gasteiger partial charge is 0.140 e. The van der Waals surface area contributed by atoms with Gasteiger partial charge in [-0.05, 0) is 30.7 Å². The molecule has 0 spiro atoms. The summed E-state index contributed by atoms with van der Waals surface area (Å²) in [6.45, 7) is 4.90. The van der Waals surface area contributed by atoms with E-state index >= 15 is 0 Å². The van der Waals surface area contributed by atoms with Crippen molar-refractivity contribution in [1.82, 2.24) is 19.9 Å². The van der Waals surface area contributed by atoms with Crippen LogP contribution in [0.4, 0.5) is 0 Å². The SMILES string of the molecule is CCCNCc1cn(Cc2nccs2)c2ncccc12. The van der Waals surface area contributed by atoms with E-state index in [1.165, 1.54) is 10.9 Å². The van der Waals surface area contributed by atoms with Crippen molar-refractivity contribution in [2.75, 3.05) is 6.54 Å². The highest BCUT2D eigenvalue weighted by atomic mass is 32.1. The fraction of sp³-hybridized carbons (Fsp3) is 0.333. The molecule has 3 aromatic rings. The highest BCUT2D eigenvalue weighted by molar-refractivity contribution is 7.09. The predicted molar refractivity (Wildman–Crippen MR) is 82.9 cm³/mol. The molecular weight excluding hydrogens is 268 g/mol. The van der Waals surface area contributed by atoms with Crippen molar-refractivity contribution >= 4 is 22.4 Å². The molecule has 4 nitrogen and oxygen atoms in total. The molecule has 0 aliphatic carbocycles. The van der Waals surface area contributed by atoms with Gasteiger partial charge in [0.2, 0.25) is 0 Å². The van der Waals surface area contributed by atoms with E-state index in [-0.39, 0.29) is 0 Å². The van der Waals surface area contributed by atoms with Crippen molar-refractivity contribution in [3.63, 3.8) is 0 Å². The van der Waals surface area contributed by atoms with Crippen molar-refractivity contribution in [1.29, 1.82) is 0 Å². The van der Waals surface area contributed by atoms with E-state index in [2.05, 4.69) is 39.0 Å². The molecule has 0 unspecified atom stereocenters. The number of thiazole rings is 1. The molecule has 0 amide bonds. The molecule has 1 N–H and O–H groups in total. The lowest BCUT2D eigenvalue weighted by Gasteiger charge is -2.00. The average molecular weight is 286 g/mol. The van der Waals surface area contributed by atoms with Crippen molar-refractivity contribution in [2.45, 2.75) is 26.4 Å². The van der Waals surface area contributed by atoms with Crippen LogP contribution in [-0.4, -0.2) is 21.1 Å². The van der Waals surface area contributed by atoms with Gasteiger partial charge in [0, 0.05) is 35.9 Å². The second-order valence-electron chi connectivity index (χ2n) is 4.76. The summed E-state index contributed by atoms with van der Waals surface area (Å²) in [6.07, 6.45) is 7.05. The van der Waals surface area contributed by atoms with Gasteiger partial charge in [-0.25, -0.2) is 9.97 Å². The minimum atomic E-state index is 0.791. The first-order valence-electron chi connectivity index (χ1n) is 6.90. The summed E-state index contributed by atoms with van der Waals surface area (Å²) < 4.78 is 2.19. The zero-order chi connectivity index (χ0) is 13.8. The molecule has 104 valence electrons. The zero-order valence-corrected chi connectivity index (χ0v) is 12.4. The van der Waals surface area contributed by atoms with Crippen LogP contribution in [0.5, 0.6) is 0 Å². The first-order chi connectivity index (χ1) is 9.88. The molecule has 5 heteroatoms. The van der Waals surface area contributed by atoms with Gasteiger partial charge in [-0.3, -0.25) is 0 Å². The molecule has 0 aromatic carbocycles. The number of aromatic nitrogens is 3. The number of nitrogens with zero attached hydrogens (tertiary/aromatic N) is 3. The molecule has 0 radical (unpaired) electrons. The van der Waals surface area contributed by atoms with E-state index in [0.717, 1.165) is 36.7 Å². The Morgan fingerprint density at radius 2 is 2.25 bits per heavy atom. The number of hydrogen-bond donors (Lipinski definition) is 1. The lowest BCUT2D eigenvalue weighted by molar-refractivity contribution is 0.675. The van der Waals surface area contributed by atoms with E-state index in [9.17, 15) is 0 Å². The van der Waals surface area contributed by atoms with Gasteiger partial charge in [-0.1, -0.05) is 6.92 Å². The highest BCUT2D eigenvalue weighted by Gasteiger charge is 2.10. The summed E-state index contributed by atoms with van der Waals surface area (Å²) in [4.78, 5) is 8.88. The third-order valence-electron chi connectivity index (χ3n) is 3.25. The van der Waals surface area contributed by atoms with E-state index in [4.69, 9.17) is 0 Å². The minimum absolute atomic E-state index is 0.791. The van der Waals surface area contributed by atoms with Crippen LogP contribution < -0.4 is 5.32 Å². The summed E-state index contributed by atoms with van der Waals surface area (Å²) >= 11 is 1.68. The molecule has 0 atom stereocenters. The molecule has 0 fully saturated rings. The van der Waals surface area contributed by atoms with Gasteiger partial charge >= 0.3 is 0 Å². The topological polar surface area (TPSA) is 42.7 Å². The standard InChI is InChI=1S/C15H18N4S/c1-2-5-16-9-12-10-19(11-14-17-7-8-20-14)15-13(12)4-3-6-18-15/h3-4,6-8,10,16H,2,5,9,11H2,1H3. The maximum Gasteiger partial charge on any atom is 0.140 e. The van der Waals surface area contributed by atoms with E-state index in [1.807, 2.05) is 23.8 Å². The second kappa shape index (κ2) is 6.15. The molecule has 3 heterocycles. The normalized spacial score (nSPS) is 11.2. The van der Waals surface area contributed by atoms with Crippen molar-refractivity contribution < 1.29 is 0 Å². The van der Waals surface area contributed by atoms with Gasteiger partial charge < -0.3 is 9.88 Å². The Morgan fingerprint density at radius 3 is 3.05 bits per heavy atom. The van der Waals surface area contributed by atoms with Crippen LogP contribution in [0.1, 0.15) is 23.9 Å². The molecular formula is C15H18N4S. The number of nitrogens with one attached hydrogen (secondary N) is 1. The second-order valence-corrected chi connectivity index (χ2v) is 5.74. The van der Waals surface area contributed by atoms with Gasteiger partial charge in [-0.2, -0.15) is 0 Å². The zero-order valence-electron chi connectivity index (χ0n) is 11.5. The molecule has 3 aromatic heterocycles. The number of rotatable bonds is 6. The highest BCUT2D eigenvalue weighted by Crippen LogP contribution is 2.21. The Kier molecular flexibility index (Phi) is 4.08. The van der Waals surface area contributed by atoms with E-state index in [1.54, 1.807) is 11.3 Å². The molecule has 0 saturated carbocycles. The molecule has 20 heavy (non-hydrogen) atoms. The Balaban J connectivity index is 1.91. The summed E-state index contributed by atoms with van der Waals surface area (Å²) in [5.74, 6) is 0. The maximum absolute atomic E-state index is 4.52. The fourth-order valence-electron chi connectivity index (χ4n) is 2.33. The van der Waals surface area contributed by atoms with Crippen LogP contribution in [0, 0.1) is 0 Å². The Bertz CT molecular complexity index is 672. The molecule has 3 rings (SSSR count). The third-order valence-corrected chi connectivity index (χ3v) is 4.01. The largest absolute Gasteiger partial charge is 0.325 e. The van der Waals surface area contributed by atoms with Crippen LogP contribution in [0.15, 0.2) is 36.1 Å². The lowest BCUT2D eigenvalue weighted by Crippen LogP contribution is -2.13. The van der Waals surface area contributed by atoms with Crippen LogP contribution in [0.3, 0.4) is 0 Å². The van der Waals surface area contributed by atoms with Gasteiger partial charge in [0.15, 0.2) is 0 Å². The maximum atomic E-state index is 4.52. The average Bonchev–Trinajstić information content (AvgIpc) is 3.09. The molecule has 0 aliphatic heterocycles. The fourth-order valence-corrected chi connectivity index (χ4v) is 2.95. The molecule has 0 saturated heterocycles. The summed E-state index contributed by atoms with van der Waals surface area (Å²) in [7, 11) is 0. The van der Waals surface area contributed by atoms with Crippen LogP contribution in [-0.2, 0) is 13.1 Å². The third kappa shape index (κ3) is 2.73. The van der Waals surface area contributed by atoms with E-state index < -0.39 is 0 Å². The Hall–Kier alpha value is -1.72. The lowest BCUT2D eigenvalue weighted by atomic mass is 10.2. The van der Waals surface area contributed by atoms with E-state index in [0.29, 0.717) is 0 Å². The summed E-state index contributed by atoms with van der Waals surface area (Å²) in [6, 6.07) is 4.14. The molecule has 0 aliphatic rings. The van der Waals surface area contributed by atoms with Gasteiger partial charge in [0.25, 0.3) is 0 Å². The van der Waals surface area contributed by atoms with Crippen molar-refractivity contribution in [2.24, 2.45) is 0 Å². The van der Waals surface area contributed by atoms with Crippen LogP contribution in [0.2, 0.25) is 0 Å². The first-order valence-corrected chi connectivity index (χ1v) is 7.78. The van der Waals surface area contributed by atoms with Crippen LogP contribution in [0.25, 0.3) is 11.0 Å². The number of pyridine rings is 1. The van der Waals surface area contributed by atoms with Gasteiger partial charge in [0.05, 0.1) is 6.54 Å². The Morgan fingerprint density at radius 1 is 1.30 bits per heavy atom. The first kappa shape index (κ1) is 13.3. The number of hydrogen-bond acceptors (Lipinski definition) is 4. The molecule has 0 bridgehead atoms. The summed E-state index contributed by atoms with van der Waals surface area (Å²) in [5.41, 5.74) is 2.34. The number of fused-ring (bicyclic) bond motifs is 1. The van der Waals surface area contributed by atoms with Gasteiger partial charge in [-0.15, -0.1) is 11.3 Å². The predicted octanol–water partition coefficient (Wildman–Crippen LogP) is 3.04. The minimum Gasteiger partial charge on any atom is -0.325 e. The van der Waals surface area contributed by atoms with Gasteiger partial charge in [0.1, 0.15) is 10.7 Å². The summed E-state index contributed by atoms with van der Waals surface area (Å²) in [5, 5.41) is 7.81.